The van der Waals surface area contributed by atoms with Crippen LogP contribution in [0.3, 0.4) is 0 Å². The summed E-state index contributed by atoms with van der Waals surface area (Å²) in [5.41, 5.74) is 6.96. The maximum absolute atomic E-state index is 12.5. The maximum atomic E-state index is 12.5. The number of carbonyl (C=O) groups excluding carboxylic acids is 1. The van der Waals surface area contributed by atoms with Crippen LogP contribution in [0.4, 0.5) is 0 Å². The monoisotopic (exact) mass is 367 g/mol. The highest BCUT2D eigenvalue weighted by atomic mass is 16.2. The molecular formula is C19H21N5O3. The Hall–Kier alpha value is -3.26. The molecule has 0 aliphatic carbocycles. The molecule has 3 aromatic rings. The van der Waals surface area contributed by atoms with Gasteiger partial charge in [-0.3, -0.25) is 18.7 Å². The van der Waals surface area contributed by atoms with Crippen LogP contribution in [-0.4, -0.2) is 26.6 Å². The van der Waals surface area contributed by atoms with Gasteiger partial charge in [0, 0.05) is 26.7 Å². The van der Waals surface area contributed by atoms with E-state index in [0.29, 0.717) is 10.9 Å². The minimum Gasteiger partial charge on any atom is -0.349 e. The molecule has 0 aliphatic heterocycles. The normalized spacial score (nSPS) is 12.1. The molecule has 8 heteroatoms. The Bertz CT molecular complexity index is 1130. The summed E-state index contributed by atoms with van der Waals surface area (Å²) in [6, 6.07) is 10.6. The lowest BCUT2D eigenvalue weighted by Gasteiger charge is -2.14. The Balaban J connectivity index is 1.92. The Kier molecular flexibility index (Phi) is 4.91. The maximum Gasteiger partial charge on any atom is 0.332 e. The van der Waals surface area contributed by atoms with E-state index in [1.54, 1.807) is 6.92 Å². The van der Waals surface area contributed by atoms with Crippen molar-refractivity contribution in [2.24, 2.45) is 19.8 Å². The van der Waals surface area contributed by atoms with Gasteiger partial charge in [0.25, 0.3) is 11.5 Å². The van der Waals surface area contributed by atoms with Gasteiger partial charge in [0.2, 0.25) is 0 Å². The summed E-state index contributed by atoms with van der Waals surface area (Å²) < 4.78 is 2.28. The van der Waals surface area contributed by atoms with Gasteiger partial charge in [0.15, 0.2) is 0 Å². The van der Waals surface area contributed by atoms with E-state index >= 15 is 0 Å². The molecule has 0 fully saturated rings. The van der Waals surface area contributed by atoms with Gasteiger partial charge in [-0.25, -0.2) is 9.78 Å². The summed E-state index contributed by atoms with van der Waals surface area (Å²) in [4.78, 5) is 41.3. The molecule has 2 aromatic heterocycles. The van der Waals surface area contributed by atoms with E-state index in [-0.39, 0.29) is 23.9 Å². The third-order valence-electron chi connectivity index (χ3n) is 4.55. The molecule has 1 atom stereocenters. The highest BCUT2D eigenvalue weighted by molar-refractivity contribution is 5.95. The quantitative estimate of drug-likeness (QED) is 0.692. The summed E-state index contributed by atoms with van der Waals surface area (Å²) in [5, 5.41) is 3.07. The van der Waals surface area contributed by atoms with E-state index in [9.17, 15) is 14.4 Å². The molecule has 1 aromatic carbocycles. The van der Waals surface area contributed by atoms with Crippen LogP contribution in [0.5, 0.6) is 0 Å². The Morgan fingerprint density at radius 2 is 1.85 bits per heavy atom. The molecule has 0 spiro atoms. The Morgan fingerprint density at radius 3 is 2.52 bits per heavy atom. The van der Waals surface area contributed by atoms with E-state index in [4.69, 9.17) is 5.73 Å². The predicted octanol–water partition coefficient (Wildman–Crippen LogP) is 0.370. The summed E-state index contributed by atoms with van der Waals surface area (Å²) >= 11 is 0. The number of nitrogens with two attached hydrogens (primary N) is 1. The largest absolute Gasteiger partial charge is 0.349 e. The molecule has 3 rings (SSSR count). The van der Waals surface area contributed by atoms with Gasteiger partial charge in [-0.1, -0.05) is 30.3 Å². The third kappa shape index (κ3) is 3.39. The molecule has 2 heterocycles. The van der Waals surface area contributed by atoms with Crippen molar-refractivity contribution in [1.82, 2.24) is 19.4 Å². The number of benzene rings is 1. The number of rotatable bonds is 4. The second kappa shape index (κ2) is 7.16. The van der Waals surface area contributed by atoms with Crippen molar-refractivity contribution in [2.75, 3.05) is 6.54 Å². The minimum absolute atomic E-state index is 0.128. The third-order valence-corrected chi connectivity index (χ3v) is 4.55. The standard InChI is InChI=1S/C19H21N5O3/c1-11-9-14(17(25)21-10-13(20)12-7-5-4-6-8-12)22-16-15(11)18(26)24(3)19(27)23(16)2/h4-9,13H,10,20H2,1-3H3,(H,21,25). The fourth-order valence-electron chi connectivity index (χ4n) is 2.96. The van der Waals surface area contributed by atoms with Crippen molar-refractivity contribution >= 4 is 16.9 Å². The van der Waals surface area contributed by atoms with Crippen LogP contribution >= 0.6 is 0 Å². The Labute approximate surface area is 155 Å². The van der Waals surface area contributed by atoms with Crippen LogP contribution in [0.1, 0.15) is 27.7 Å². The van der Waals surface area contributed by atoms with Crippen molar-refractivity contribution in [1.29, 1.82) is 0 Å². The fraction of sp³-hybridized carbons (Fsp3) is 0.263. The van der Waals surface area contributed by atoms with Crippen LogP contribution in [0.25, 0.3) is 11.0 Å². The number of aryl methyl sites for hydroxylation is 2. The molecule has 0 radical (unpaired) electrons. The van der Waals surface area contributed by atoms with E-state index in [2.05, 4.69) is 10.3 Å². The molecule has 1 unspecified atom stereocenters. The van der Waals surface area contributed by atoms with Crippen molar-refractivity contribution in [3.05, 3.63) is 74.1 Å². The predicted molar refractivity (Wildman–Crippen MR) is 103 cm³/mol. The number of nitrogens with zero attached hydrogens (tertiary/aromatic N) is 3. The Morgan fingerprint density at radius 1 is 1.19 bits per heavy atom. The average Bonchev–Trinajstić information content (AvgIpc) is 2.68. The number of hydrogen-bond donors (Lipinski definition) is 2. The number of aromatic nitrogens is 3. The van der Waals surface area contributed by atoms with Crippen molar-refractivity contribution in [3.63, 3.8) is 0 Å². The summed E-state index contributed by atoms with van der Waals surface area (Å²) in [7, 11) is 2.93. The lowest BCUT2D eigenvalue weighted by Crippen LogP contribution is -2.38. The van der Waals surface area contributed by atoms with Gasteiger partial charge in [0.05, 0.1) is 5.39 Å². The van der Waals surface area contributed by atoms with Gasteiger partial charge in [-0.2, -0.15) is 0 Å². The first-order valence-corrected chi connectivity index (χ1v) is 8.47. The zero-order valence-electron chi connectivity index (χ0n) is 15.4. The number of carbonyl (C=O) groups is 1. The van der Waals surface area contributed by atoms with Crippen molar-refractivity contribution in [3.8, 4) is 0 Å². The summed E-state index contributed by atoms with van der Waals surface area (Å²) in [5.74, 6) is -0.417. The molecule has 3 N–H and O–H groups in total. The lowest BCUT2D eigenvalue weighted by molar-refractivity contribution is 0.0946. The van der Waals surface area contributed by atoms with Gasteiger partial charge < -0.3 is 11.1 Å². The SMILES string of the molecule is Cc1cc(C(=O)NCC(N)c2ccccc2)nc2c1c(=O)n(C)c(=O)n2C. The van der Waals surface area contributed by atoms with E-state index in [1.807, 2.05) is 30.3 Å². The number of nitrogens with one attached hydrogen (secondary N) is 1. The van der Waals surface area contributed by atoms with Gasteiger partial charge in [0.1, 0.15) is 11.3 Å². The highest BCUT2D eigenvalue weighted by Gasteiger charge is 2.17. The number of amides is 1. The topological polar surface area (TPSA) is 112 Å². The van der Waals surface area contributed by atoms with Crippen LogP contribution in [0, 0.1) is 6.92 Å². The van der Waals surface area contributed by atoms with Crippen LogP contribution in [-0.2, 0) is 14.1 Å². The van der Waals surface area contributed by atoms with E-state index in [0.717, 1.165) is 10.1 Å². The van der Waals surface area contributed by atoms with Gasteiger partial charge >= 0.3 is 5.69 Å². The number of fused-ring (bicyclic) bond motifs is 1. The first kappa shape index (κ1) is 18.5. The molecule has 0 saturated heterocycles. The summed E-state index contributed by atoms with van der Waals surface area (Å²) in [6.07, 6.45) is 0. The van der Waals surface area contributed by atoms with E-state index < -0.39 is 17.2 Å². The average molecular weight is 367 g/mol. The van der Waals surface area contributed by atoms with Gasteiger partial charge in [-0.15, -0.1) is 0 Å². The minimum atomic E-state index is -0.497. The molecular weight excluding hydrogens is 346 g/mol. The van der Waals surface area contributed by atoms with Crippen LogP contribution in [0.15, 0.2) is 46.0 Å². The molecule has 0 aliphatic rings. The second-order valence-corrected chi connectivity index (χ2v) is 6.46. The van der Waals surface area contributed by atoms with Crippen molar-refractivity contribution in [2.45, 2.75) is 13.0 Å². The number of pyridine rings is 1. The van der Waals surface area contributed by atoms with Crippen LogP contribution < -0.4 is 22.3 Å². The second-order valence-electron chi connectivity index (χ2n) is 6.46. The van der Waals surface area contributed by atoms with Crippen molar-refractivity contribution < 1.29 is 4.79 Å². The zero-order chi connectivity index (χ0) is 19.7. The zero-order valence-corrected chi connectivity index (χ0v) is 15.4. The summed E-state index contributed by atoms with van der Waals surface area (Å²) in [6.45, 7) is 1.94. The number of hydrogen-bond acceptors (Lipinski definition) is 5. The first-order valence-electron chi connectivity index (χ1n) is 8.47. The molecule has 0 bridgehead atoms. The first-order chi connectivity index (χ1) is 12.8. The fourth-order valence-corrected chi connectivity index (χ4v) is 2.96. The highest BCUT2D eigenvalue weighted by Crippen LogP contribution is 2.13. The van der Waals surface area contributed by atoms with Gasteiger partial charge in [-0.05, 0) is 24.1 Å². The smallest absolute Gasteiger partial charge is 0.332 e. The lowest BCUT2D eigenvalue weighted by atomic mass is 10.1. The molecule has 140 valence electrons. The molecule has 27 heavy (non-hydrogen) atoms. The molecule has 8 nitrogen and oxygen atoms in total. The van der Waals surface area contributed by atoms with E-state index in [1.165, 1.54) is 24.7 Å². The molecule has 0 saturated carbocycles. The molecule has 1 amide bonds. The van der Waals surface area contributed by atoms with Crippen LogP contribution in [0.2, 0.25) is 0 Å².